The third kappa shape index (κ3) is 4.31. The summed E-state index contributed by atoms with van der Waals surface area (Å²) in [5.74, 6) is 0.964. The van der Waals surface area contributed by atoms with Gasteiger partial charge in [0, 0.05) is 22.9 Å². The van der Waals surface area contributed by atoms with Crippen molar-refractivity contribution in [3.05, 3.63) is 53.6 Å². The molecule has 0 saturated carbocycles. The van der Waals surface area contributed by atoms with Gasteiger partial charge < -0.3 is 14.2 Å². The minimum absolute atomic E-state index is 0.0312. The van der Waals surface area contributed by atoms with Gasteiger partial charge in [0.15, 0.2) is 5.78 Å². The summed E-state index contributed by atoms with van der Waals surface area (Å²) in [5.41, 5.74) is 3.58. The molecule has 1 heterocycles. The normalized spacial score (nSPS) is 11.9. The number of hydrogen-bond acceptors (Lipinski definition) is 6. The van der Waals surface area contributed by atoms with E-state index in [-0.39, 0.29) is 11.8 Å². The van der Waals surface area contributed by atoms with Gasteiger partial charge in [-0.1, -0.05) is 31.0 Å². The third-order valence-corrected chi connectivity index (χ3v) is 5.65. The number of unbranched alkanes of at least 4 members (excludes halogenated alkanes) is 3. The standard InChI is InChI=1S/C26H27NO5/c1-3-31-22(28)12-6-4-5-9-15-32-26-24-18-14-13-17(30-2)16-20(18)25(29)23(24)19-10-7-8-11-21(19)27-26/h7-8,10-11,13-14,16H,3-6,9,12,15H2,1-2H3. The molecule has 1 aromatic heterocycles. The van der Waals surface area contributed by atoms with Crippen LogP contribution in [0.2, 0.25) is 0 Å². The first-order chi connectivity index (χ1) is 15.6. The molecule has 0 amide bonds. The number of carbonyl (C=O) groups excluding carboxylic acids is 2. The molecule has 6 nitrogen and oxygen atoms in total. The number of hydrogen-bond donors (Lipinski definition) is 0. The lowest BCUT2D eigenvalue weighted by atomic mass is 10.0. The van der Waals surface area contributed by atoms with Crippen LogP contribution < -0.4 is 9.47 Å². The van der Waals surface area contributed by atoms with E-state index in [1.54, 1.807) is 13.2 Å². The summed E-state index contributed by atoms with van der Waals surface area (Å²) < 4.78 is 16.4. The van der Waals surface area contributed by atoms with E-state index >= 15 is 0 Å². The van der Waals surface area contributed by atoms with Gasteiger partial charge in [0.1, 0.15) is 5.75 Å². The Labute approximate surface area is 187 Å². The van der Waals surface area contributed by atoms with Crippen molar-refractivity contribution in [3.63, 3.8) is 0 Å². The van der Waals surface area contributed by atoms with Crippen molar-refractivity contribution >= 4 is 22.7 Å². The number of rotatable bonds is 10. The van der Waals surface area contributed by atoms with Crippen LogP contribution in [0.15, 0.2) is 42.5 Å². The molecule has 0 bridgehead atoms. The van der Waals surface area contributed by atoms with Crippen molar-refractivity contribution in [1.82, 2.24) is 4.98 Å². The summed E-state index contributed by atoms with van der Waals surface area (Å²) >= 11 is 0. The Morgan fingerprint density at radius 1 is 0.969 bits per heavy atom. The fourth-order valence-electron chi connectivity index (χ4n) is 4.10. The summed E-state index contributed by atoms with van der Waals surface area (Å²) in [6.07, 6.45) is 3.99. The number of benzene rings is 2. The van der Waals surface area contributed by atoms with E-state index in [0.717, 1.165) is 47.7 Å². The topological polar surface area (TPSA) is 74.7 Å². The molecule has 0 fully saturated rings. The number of fused-ring (bicyclic) bond motifs is 5. The predicted octanol–water partition coefficient (Wildman–Crippen LogP) is 5.35. The summed E-state index contributed by atoms with van der Waals surface area (Å²) in [4.78, 5) is 29.4. The fourth-order valence-corrected chi connectivity index (χ4v) is 4.10. The zero-order valence-electron chi connectivity index (χ0n) is 18.5. The molecule has 32 heavy (non-hydrogen) atoms. The van der Waals surface area contributed by atoms with Crippen LogP contribution in [0.25, 0.3) is 22.0 Å². The van der Waals surface area contributed by atoms with Crippen molar-refractivity contribution in [1.29, 1.82) is 0 Å². The molecule has 6 heteroatoms. The summed E-state index contributed by atoms with van der Waals surface area (Å²) in [6, 6.07) is 13.2. The lowest BCUT2D eigenvalue weighted by Gasteiger charge is -2.12. The second kappa shape index (κ2) is 9.81. The van der Waals surface area contributed by atoms with Gasteiger partial charge in [-0.25, -0.2) is 4.98 Å². The Morgan fingerprint density at radius 3 is 2.59 bits per heavy atom. The van der Waals surface area contributed by atoms with E-state index in [2.05, 4.69) is 0 Å². The maximum atomic E-state index is 13.3. The van der Waals surface area contributed by atoms with Gasteiger partial charge in [-0.2, -0.15) is 0 Å². The van der Waals surface area contributed by atoms with Crippen LogP contribution >= 0.6 is 0 Å². The number of ether oxygens (including phenoxy) is 3. The maximum Gasteiger partial charge on any atom is 0.305 e. The van der Waals surface area contributed by atoms with Crippen LogP contribution in [0.3, 0.4) is 0 Å². The van der Waals surface area contributed by atoms with Gasteiger partial charge in [0.2, 0.25) is 5.88 Å². The Hall–Kier alpha value is -3.41. The summed E-state index contributed by atoms with van der Waals surface area (Å²) in [6.45, 7) is 2.74. The van der Waals surface area contributed by atoms with Crippen molar-refractivity contribution in [2.75, 3.05) is 20.3 Å². The lowest BCUT2D eigenvalue weighted by molar-refractivity contribution is -0.143. The maximum absolute atomic E-state index is 13.3. The highest BCUT2D eigenvalue weighted by molar-refractivity contribution is 6.28. The molecular weight excluding hydrogens is 406 g/mol. The monoisotopic (exact) mass is 433 g/mol. The van der Waals surface area contributed by atoms with Crippen LogP contribution in [-0.2, 0) is 9.53 Å². The average Bonchev–Trinajstić information content (AvgIpc) is 3.11. The van der Waals surface area contributed by atoms with Gasteiger partial charge >= 0.3 is 5.97 Å². The fraction of sp³-hybridized carbons (Fsp3) is 0.346. The van der Waals surface area contributed by atoms with Crippen molar-refractivity contribution in [3.8, 4) is 22.8 Å². The molecule has 1 aliphatic carbocycles. The average molecular weight is 434 g/mol. The van der Waals surface area contributed by atoms with Crippen LogP contribution in [0.1, 0.15) is 54.9 Å². The first-order valence-electron chi connectivity index (χ1n) is 11.1. The second-order valence-corrected chi connectivity index (χ2v) is 7.74. The molecule has 4 rings (SSSR count). The Morgan fingerprint density at radius 2 is 1.78 bits per heavy atom. The molecule has 0 radical (unpaired) electrons. The number of esters is 1. The van der Waals surface area contributed by atoms with Crippen molar-refractivity contribution in [2.24, 2.45) is 0 Å². The molecule has 0 atom stereocenters. The Bertz CT molecular complexity index is 1150. The van der Waals surface area contributed by atoms with E-state index < -0.39 is 0 Å². The molecular formula is C26H27NO5. The smallest absolute Gasteiger partial charge is 0.305 e. The van der Waals surface area contributed by atoms with Crippen LogP contribution in [0.5, 0.6) is 11.6 Å². The first kappa shape index (κ1) is 21.8. The summed E-state index contributed by atoms with van der Waals surface area (Å²) in [5, 5.41) is 0.828. The first-order valence-corrected chi connectivity index (χ1v) is 11.1. The minimum Gasteiger partial charge on any atom is -0.497 e. The minimum atomic E-state index is -0.139. The van der Waals surface area contributed by atoms with E-state index in [9.17, 15) is 9.59 Å². The van der Waals surface area contributed by atoms with Gasteiger partial charge in [-0.05, 0) is 49.6 Å². The van der Waals surface area contributed by atoms with Crippen molar-refractivity contribution in [2.45, 2.75) is 39.0 Å². The van der Waals surface area contributed by atoms with Gasteiger partial charge in [0.25, 0.3) is 0 Å². The zero-order valence-corrected chi connectivity index (χ0v) is 18.5. The molecule has 0 unspecified atom stereocenters. The van der Waals surface area contributed by atoms with E-state index in [1.165, 1.54) is 0 Å². The summed E-state index contributed by atoms with van der Waals surface area (Å²) in [7, 11) is 1.59. The number of aromatic nitrogens is 1. The van der Waals surface area contributed by atoms with E-state index in [4.69, 9.17) is 19.2 Å². The van der Waals surface area contributed by atoms with Crippen LogP contribution in [-0.4, -0.2) is 37.1 Å². The van der Waals surface area contributed by atoms with Gasteiger partial charge in [-0.3, -0.25) is 9.59 Å². The SMILES string of the molecule is CCOC(=O)CCCCCCOc1nc2ccccc2c2c1-c1ccc(OC)cc1C2=O. The number of pyridine rings is 1. The van der Waals surface area contributed by atoms with E-state index in [1.807, 2.05) is 43.3 Å². The van der Waals surface area contributed by atoms with E-state index in [0.29, 0.717) is 42.4 Å². The molecule has 0 spiro atoms. The molecule has 3 aromatic rings. The lowest BCUT2D eigenvalue weighted by Crippen LogP contribution is -2.04. The van der Waals surface area contributed by atoms with Crippen LogP contribution in [0.4, 0.5) is 0 Å². The molecule has 0 aliphatic heterocycles. The molecule has 166 valence electrons. The number of ketones is 1. The quantitative estimate of drug-likeness (QED) is 0.248. The largest absolute Gasteiger partial charge is 0.497 e. The van der Waals surface area contributed by atoms with Crippen LogP contribution in [0, 0.1) is 0 Å². The number of para-hydroxylation sites is 1. The Kier molecular flexibility index (Phi) is 6.69. The highest BCUT2D eigenvalue weighted by Crippen LogP contribution is 2.45. The number of carbonyl (C=O) groups is 2. The Balaban J connectivity index is 1.51. The highest BCUT2D eigenvalue weighted by Gasteiger charge is 2.33. The molecule has 1 aliphatic rings. The van der Waals surface area contributed by atoms with Crippen molar-refractivity contribution < 1.29 is 23.8 Å². The van der Waals surface area contributed by atoms with Gasteiger partial charge in [0.05, 0.1) is 31.4 Å². The zero-order chi connectivity index (χ0) is 22.5. The molecule has 0 saturated heterocycles. The predicted molar refractivity (Wildman–Crippen MR) is 122 cm³/mol. The molecule has 2 aromatic carbocycles. The highest BCUT2D eigenvalue weighted by atomic mass is 16.5. The second-order valence-electron chi connectivity index (χ2n) is 7.74. The number of nitrogens with zero attached hydrogens (tertiary/aromatic N) is 1. The number of methoxy groups -OCH3 is 1. The molecule has 0 N–H and O–H groups in total. The van der Waals surface area contributed by atoms with Gasteiger partial charge in [-0.15, -0.1) is 0 Å². The third-order valence-electron chi connectivity index (χ3n) is 5.65.